The number of rotatable bonds is 6. The fourth-order valence-corrected chi connectivity index (χ4v) is 4.55. The second-order valence-electron chi connectivity index (χ2n) is 4.69. The lowest BCUT2D eigenvalue weighted by molar-refractivity contribution is -0.120. The Morgan fingerprint density at radius 2 is 2.23 bits per heavy atom. The number of carbonyl (C=O) groups is 1. The zero-order chi connectivity index (χ0) is 15.4. The van der Waals surface area contributed by atoms with Crippen molar-refractivity contribution < 1.29 is 4.79 Å². The summed E-state index contributed by atoms with van der Waals surface area (Å²) < 4.78 is 1.05. The van der Waals surface area contributed by atoms with Crippen LogP contribution in [0.1, 0.15) is 11.8 Å². The van der Waals surface area contributed by atoms with Gasteiger partial charge >= 0.3 is 0 Å². The molecule has 0 radical (unpaired) electrons. The fraction of sp³-hybridized carbons (Fsp3) is 0.267. The highest BCUT2D eigenvalue weighted by Crippen LogP contribution is 2.31. The molecule has 3 aromatic rings. The van der Waals surface area contributed by atoms with Crippen molar-refractivity contribution >= 4 is 50.6 Å². The third kappa shape index (κ3) is 3.66. The zero-order valence-electron chi connectivity index (χ0n) is 12.0. The first-order valence-electron chi connectivity index (χ1n) is 6.89. The second kappa shape index (κ2) is 7.21. The van der Waals surface area contributed by atoms with E-state index in [2.05, 4.69) is 26.7 Å². The van der Waals surface area contributed by atoms with Gasteiger partial charge in [0, 0.05) is 11.4 Å². The lowest BCUT2D eigenvalue weighted by Crippen LogP contribution is -2.32. The number of carbonyl (C=O) groups excluding carboxylic acids is 1. The molecule has 4 nitrogen and oxygen atoms in total. The Kier molecular flexibility index (Phi) is 5.07. The van der Waals surface area contributed by atoms with Crippen LogP contribution in [0, 0.1) is 0 Å². The lowest BCUT2D eigenvalue weighted by atomic mass is 10.3. The smallest absolute Gasteiger partial charge is 0.233 e. The molecular weight excluding hydrogens is 334 g/mol. The van der Waals surface area contributed by atoms with Gasteiger partial charge in [-0.25, -0.2) is 9.97 Å². The van der Waals surface area contributed by atoms with Gasteiger partial charge in [-0.3, -0.25) is 4.79 Å². The van der Waals surface area contributed by atoms with Crippen molar-refractivity contribution in [2.75, 3.05) is 6.54 Å². The Labute approximate surface area is 141 Å². The Bertz CT molecular complexity index is 754. The minimum atomic E-state index is -0.177. The molecule has 1 N–H and O–H groups in total. The van der Waals surface area contributed by atoms with Gasteiger partial charge < -0.3 is 5.32 Å². The number of aromatic nitrogens is 2. The van der Waals surface area contributed by atoms with Crippen LogP contribution in [0.15, 0.2) is 40.3 Å². The van der Waals surface area contributed by atoms with Gasteiger partial charge in [0.1, 0.15) is 11.4 Å². The van der Waals surface area contributed by atoms with Crippen LogP contribution in [0.25, 0.3) is 10.2 Å². The van der Waals surface area contributed by atoms with E-state index in [1.165, 1.54) is 16.6 Å². The number of hydrogen-bond donors (Lipinski definition) is 1. The standard InChI is InChI=1S/C15H15N3OS3/c1-10(14(19)16-6-4-11-3-2-7-20-11)22-15-13-12(5-8-21-13)17-9-18-15/h2-3,5,7-10H,4,6H2,1H3,(H,16,19)/t10-/m1/s1. The molecule has 7 heteroatoms. The second-order valence-corrected chi connectivity index (χ2v) is 7.97. The summed E-state index contributed by atoms with van der Waals surface area (Å²) in [4.78, 5) is 22.0. The van der Waals surface area contributed by atoms with E-state index in [9.17, 15) is 4.79 Å². The first-order valence-corrected chi connectivity index (χ1v) is 9.53. The molecule has 0 aliphatic carbocycles. The van der Waals surface area contributed by atoms with Crippen LogP contribution < -0.4 is 5.32 Å². The number of nitrogens with one attached hydrogen (secondary N) is 1. The van der Waals surface area contributed by atoms with Gasteiger partial charge in [0.15, 0.2) is 0 Å². The van der Waals surface area contributed by atoms with E-state index in [4.69, 9.17) is 0 Å². The highest BCUT2D eigenvalue weighted by molar-refractivity contribution is 8.00. The van der Waals surface area contributed by atoms with E-state index in [0.29, 0.717) is 6.54 Å². The maximum atomic E-state index is 12.2. The van der Waals surface area contributed by atoms with Gasteiger partial charge in [0.25, 0.3) is 0 Å². The topological polar surface area (TPSA) is 54.9 Å². The molecule has 3 aromatic heterocycles. The Morgan fingerprint density at radius 3 is 3.05 bits per heavy atom. The third-order valence-corrected chi connectivity index (χ3v) is 6.20. The molecule has 0 spiro atoms. The zero-order valence-corrected chi connectivity index (χ0v) is 14.4. The number of thioether (sulfide) groups is 1. The first kappa shape index (κ1) is 15.5. The summed E-state index contributed by atoms with van der Waals surface area (Å²) in [5, 5.41) is 7.74. The van der Waals surface area contributed by atoms with Gasteiger partial charge in [0.2, 0.25) is 5.91 Å². The van der Waals surface area contributed by atoms with Crippen molar-refractivity contribution in [1.29, 1.82) is 0 Å². The Balaban J connectivity index is 1.55. The number of amides is 1. The monoisotopic (exact) mass is 349 g/mol. The van der Waals surface area contributed by atoms with Crippen LogP contribution in [0.4, 0.5) is 0 Å². The van der Waals surface area contributed by atoms with Crippen molar-refractivity contribution in [3.63, 3.8) is 0 Å². The molecule has 3 rings (SSSR count). The number of fused-ring (bicyclic) bond motifs is 1. The summed E-state index contributed by atoms with van der Waals surface area (Å²) >= 11 is 4.81. The Morgan fingerprint density at radius 1 is 1.32 bits per heavy atom. The summed E-state index contributed by atoms with van der Waals surface area (Å²) in [5.74, 6) is 0.0462. The van der Waals surface area contributed by atoms with Crippen molar-refractivity contribution in [3.8, 4) is 0 Å². The van der Waals surface area contributed by atoms with E-state index in [1.807, 2.05) is 24.4 Å². The molecule has 0 aromatic carbocycles. The largest absolute Gasteiger partial charge is 0.355 e. The highest BCUT2D eigenvalue weighted by Gasteiger charge is 2.17. The van der Waals surface area contributed by atoms with Crippen LogP contribution in [0.3, 0.4) is 0 Å². The SMILES string of the molecule is C[C@@H](Sc1ncnc2ccsc12)C(=O)NCCc1cccs1. The van der Waals surface area contributed by atoms with E-state index in [-0.39, 0.29) is 11.2 Å². The van der Waals surface area contributed by atoms with Crippen molar-refractivity contribution in [3.05, 3.63) is 40.2 Å². The summed E-state index contributed by atoms with van der Waals surface area (Å²) in [6.07, 6.45) is 2.43. The predicted octanol–water partition coefficient (Wildman–Crippen LogP) is 3.59. The molecule has 22 heavy (non-hydrogen) atoms. The van der Waals surface area contributed by atoms with Crippen LogP contribution in [0.5, 0.6) is 0 Å². The molecule has 0 saturated heterocycles. The molecule has 0 saturated carbocycles. The highest BCUT2D eigenvalue weighted by atomic mass is 32.2. The molecule has 0 fully saturated rings. The third-order valence-electron chi connectivity index (χ3n) is 3.12. The van der Waals surface area contributed by atoms with Crippen LogP contribution in [0.2, 0.25) is 0 Å². The van der Waals surface area contributed by atoms with Gasteiger partial charge in [-0.15, -0.1) is 22.7 Å². The molecule has 0 aliphatic heterocycles. The summed E-state index contributed by atoms with van der Waals surface area (Å²) in [7, 11) is 0. The number of thiophene rings is 2. The fourth-order valence-electron chi connectivity index (χ4n) is 1.98. The Hall–Kier alpha value is -1.44. The van der Waals surface area contributed by atoms with Crippen LogP contribution in [-0.4, -0.2) is 27.7 Å². The first-order chi connectivity index (χ1) is 10.7. The molecule has 0 aliphatic rings. The number of nitrogens with zero attached hydrogens (tertiary/aromatic N) is 2. The summed E-state index contributed by atoms with van der Waals surface area (Å²) in [5.41, 5.74) is 0.938. The molecular formula is C15H15N3OS3. The average molecular weight is 350 g/mol. The molecule has 0 unspecified atom stereocenters. The van der Waals surface area contributed by atoms with Gasteiger partial charge in [-0.05, 0) is 36.2 Å². The van der Waals surface area contributed by atoms with Crippen LogP contribution in [-0.2, 0) is 11.2 Å². The van der Waals surface area contributed by atoms with E-state index in [0.717, 1.165) is 21.7 Å². The molecule has 0 bridgehead atoms. The van der Waals surface area contributed by atoms with Crippen LogP contribution >= 0.6 is 34.4 Å². The van der Waals surface area contributed by atoms with E-state index in [1.54, 1.807) is 29.0 Å². The molecule has 3 heterocycles. The van der Waals surface area contributed by atoms with Gasteiger partial charge in [-0.2, -0.15) is 0 Å². The van der Waals surface area contributed by atoms with E-state index < -0.39 is 0 Å². The summed E-state index contributed by atoms with van der Waals surface area (Å²) in [6.45, 7) is 2.58. The minimum Gasteiger partial charge on any atom is -0.355 e. The quantitative estimate of drug-likeness (QED) is 0.546. The molecule has 1 atom stereocenters. The maximum absolute atomic E-state index is 12.2. The average Bonchev–Trinajstić information content (AvgIpc) is 3.18. The van der Waals surface area contributed by atoms with E-state index >= 15 is 0 Å². The number of hydrogen-bond acceptors (Lipinski definition) is 6. The van der Waals surface area contributed by atoms with Crippen molar-refractivity contribution in [2.24, 2.45) is 0 Å². The van der Waals surface area contributed by atoms with Crippen molar-refractivity contribution in [1.82, 2.24) is 15.3 Å². The summed E-state index contributed by atoms with van der Waals surface area (Å²) in [6, 6.07) is 6.09. The normalized spacial score (nSPS) is 12.4. The predicted molar refractivity (Wildman–Crippen MR) is 93.8 cm³/mol. The maximum Gasteiger partial charge on any atom is 0.233 e. The molecule has 1 amide bonds. The van der Waals surface area contributed by atoms with Gasteiger partial charge in [0.05, 0.1) is 15.5 Å². The minimum absolute atomic E-state index is 0.0462. The lowest BCUT2D eigenvalue weighted by Gasteiger charge is -2.11. The van der Waals surface area contributed by atoms with Gasteiger partial charge in [-0.1, -0.05) is 17.8 Å². The van der Waals surface area contributed by atoms with Crippen molar-refractivity contribution in [2.45, 2.75) is 23.6 Å². The molecule has 114 valence electrons.